The standard InChI is InChI=1S/C13H13N3O2/c14-9-4-5-12(17)11(7-9)13(18)16-8-10-3-1-2-6-15-10/h1-7,17H,8,14H2,(H,16,18). The lowest BCUT2D eigenvalue weighted by Gasteiger charge is -2.07. The number of hydrogen-bond donors (Lipinski definition) is 3. The van der Waals surface area contributed by atoms with Crippen LogP contribution in [0.1, 0.15) is 16.1 Å². The Morgan fingerprint density at radius 3 is 2.89 bits per heavy atom. The maximum Gasteiger partial charge on any atom is 0.255 e. The van der Waals surface area contributed by atoms with Crippen molar-refractivity contribution in [2.24, 2.45) is 0 Å². The van der Waals surface area contributed by atoms with E-state index in [1.54, 1.807) is 18.3 Å². The lowest BCUT2D eigenvalue weighted by molar-refractivity contribution is 0.0948. The van der Waals surface area contributed by atoms with Crippen molar-refractivity contribution >= 4 is 11.6 Å². The van der Waals surface area contributed by atoms with E-state index in [1.165, 1.54) is 18.2 Å². The van der Waals surface area contributed by atoms with Crippen LogP contribution in [0.25, 0.3) is 0 Å². The van der Waals surface area contributed by atoms with Crippen LogP contribution < -0.4 is 11.1 Å². The summed E-state index contributed by atoms with van der Waals surface area (Å²) in [5, 5.41) is 12.2. The molecule has 1 aromatic carbocycles. The normalized spacial score (nSPS) is 10.0. The molecule has 0 bridgehead atoms. The van der Waals surface area contributed by atoms with E-state index in [-0.39, 0.29) is 17.2 Å². The molecule has 1 amide bonds. The first-order valence-corrected chi connectivity index (χ1v) is 5.43. The van der Waals surface area contributed by atoms with Crippen LogP contribution in [0.4, 0.5) is 5.69 Å². The fraction of sp³-hybridized carbons (Fsp3) is 0.0769. The number of rotatable bonds is 3. The third-order valence-electron chi connectivity index (χ3n) is 2.42. The van der Waals surface area contributed by atoms with Gasteiger partial charge in [-0.25, -0.2) is 0 Å². The monoisotopic (exact) mass is 243 g/mol. The molecular formula is C13H13N3O2. The van der Waals surface area contributed by atoms with Crippen molar-refractivity contribution in [1.82, 2.24) is 10.3 Å². The minimum absolute atomic E-state index is 0.0947. The molecule has 0 saturated heterocycles. The molecule has 0 atom stereocenters. The van der Waals surface area contributed by atoms with Crippen molar-refractivity contribution in [1.29, 1.82) is 0 Å². The van der Waals surface area contributed by atoms with Gasteiger partial charge in [-0.3, -0.25) is 9.78 Å². The number of nitrogen functional groups attached to an aromatic ring is 1. The number of aromatic nitrogens is 1. The molecule has 5 nitrogen and oxygen atoms in total. The number of carbonyl (C=O) groups excluding carboxylic acids is 1. The van der Waals surface area contributed by atoms with E-state index in [0.29, 0.717) is 12.2 Å². The third-order valence-corrected chi connectivity index (χ3v) is 2.42. The zero-order valence-corrected chi connectivity index (χ0v) is 9.63. The Labute approximate surface area is 104 Å². The summed E-state index contributed by atoms with van der Waals surface area (Å²) in [4.78, 5) is 15.9. The van der Waals surface area contributed by atoms with E-state index in [0.717, 1.165) is 5.69 Å². The highest BCUT2D eigenvalue weighted by Gasteiger charge is 2.11. The number of phenols is 1. The molecule has 0 aliphatic rings. The van der Waals surface area contributed by atoms with Crippen LogP contribution in [0.2, 0.25) is 0 Å². The molecule has 18 heavy (non-hydrogen) atoms. The van der Waals surface area contributed by atoms with E-state index in [1.807, 2.05) is 6.07 Å². The van der Waals surface area contributed by atoms with Crippen molar-refractivity contribution in [3.63, 3.8) is 0 Å². The van der Waals surface area contributed by atoms with Crippen LogP contribution in [0.5, 0.6) is 5.75 Å². The predicted molar refractivity (Wildman–Crippen MR) is 67.9 cm³/mol. The summed E-state index contributed by atoms with van der Waals surface area (Å²) in [5.74, 6) is -0.479. The molecule has 0 saturated carbocycles. The Balaban J connectivity index is 2.06. The summed E-state index contributed by atoms with van der Waals surface area (Å²) in [6.45, 7) is 0.300. The molecule has 0 unspecified atom stereocenters. The van der Waals surface area contributed by atoms with Gasteiger partial charge in [-0.1, -0.05) is 6.07 Å². The Morgan fingerprint density at radius 2 is 2.17 bits per heavy atom. The predicted octanol–water partition coefficient (Wildman–Crippen LogP) is 1.30. The van der Waals surface area contributed by atoms with Crippen LogP contribution in [-0.4, -0.2) is 16.0 Å². The molecule has 1 heterocycles. The van der Waals surface area contributed by atoms with Crippen LogP contribution in [0.3, 0.4) is 0 Å². The summed E-state index contributed by atoms with van der Waals surface area (Å²) in [7, 11) is 0. The molecule has 5 heteroatoms. The van der Waals surface area contributed by atoms with Gasteiger partial charge in [0.15, 0.2) is 0 Å². The van der Waals surface area contributed by atoms with Gasteiger partial charge in [0.25, 0.3) is 5.91 Å². The first kappa shape index (κ1) is 11.9. The van der Waals surface area contributed by atoms with Gasteiger partial charge >= 0.3 is 0 Å². The number of anilines is 1. The van der Waals surface area contributed by atoms with Gasteiger partial charge in [0.2, 0.25) is 0 Å². The first-order chi connectivity index (χ1) is 8.66. The second-order valence-corrected chi connectivity index (χ2v) is 3.78. The highest BCUT2D eigenvalue weighted by molar-refractivity contribution is 5.97. The number of benzene rings is 1. The molecule has 2 aromatic rings. The second-order valence-electron chi connectivity index (χ2n) is 3.78. The molecular weight excluding hydrogens is 230 g/mol. The van der Waals surface area contributed by atoms with E-state index in [9.17, 15) is 9.90 Å². The number of carbonyl (C=O) groups is 1. The number of aromatic hydroxyl groups is 1. The summed E-state index contributed by atoms with van der Waals surface area (Å²) in [5.41, 5.74) is 6.90. The number of amides is 1. The maximum absolute atomic E-state index is 11.8. The zero-order chi connectivity index (χ0) is 13.0. The minimum Gasteiger partial charge on any atom is -0.507 e. The van der Waals surface area contributed by atoms with Gasteiger partial charge in [-0.05, 0) is 30.3 Å². The molecule has 92 valence electrons. The molecule has 0 aliphatic carbocycles. The van der Waals surface area contributed by atoms with Gasteiger partial charge in [-0.2, -0.15) is 0 Å². The van der Waals surface area contributed by atoms with Crippen molar-refractivity contribution in [2.75, 3.05) is 5.73 Å². The lowest BCUT2D eigenvalue weighted by atomic mass is 10.1. The van der Waals surface area contributed by atoms with Gasteiger partial charge in [0, 0.05) is 11.9 Å². The number of hydrogen-bond acceptors (Lipinski definition) is 4. The number of pyridine rings is 1. The number of nitrogens with zero attached hydrogens (tertiary/aromatic N) is 1. The third kappa shape index (κ3) is 2.76. The quantitative estimate of drug-likeness (QED) is 0.560. The Hall–Kier alpha value is -2.56. The lowest BCUT2D eigenvalue weighted by Crippen LogP contribution is -2.23. The average molecular weight is 243 g/mol. The number of nitrogens with one attached hydrogen (secondary N) is 1. The minimum atomic E-state index is -0.384. The van der Waals surface area contributed by atoms with Crippen LogP contribution in [0, 0.1) is 0 Å². The molecule has 0 aliphatic heterocycles. The molecule has 2 rings (SSSR count). The van der Waals surface area contributed by atoms with Gasteiger partial charge in [0.05, 0.1) is 17.8 Å². The Bertz CT molecular complexity index is 555. The topological polar surface area (TPSA) is 88.2 Å². The van der Waals surface area contributed by atoms with Crippen LogP contribution in [-0.2, 0) is 6.54 Å². The molecule has 0 radical (unpaired) electrons. The van der Waals surface area contributed by atoms with E-state index >= 15 is 0 Å². The zero-order valence-electron chi connectivity index (χ0n) is 9.63. The summed E-state index contributed by atoms with van der Waals surface area (Å²) in [6.07, 6.45) is 1.65. The first-order valence-electron chi connectivity index (χ1n) is 5.43. The maximum atomic E-state index is 11.8. The Kier molecular flexibility index (Phi) is 3.43. The fourth-order valence-electron chi connectivity index (χ4n) is 1.50. The smallest absolute Gasteiger partial charge is 0.255 e. The molecule has 0 spiro atoms. The van der Waals surface area contributed by atoms with Crippen molar-refractivity contribution in [3.8, 4) is 5.75 Å². The van der Waals surface area contributed by atoms with Crippen molar-refractivity contribution < 1.29 is 9.90 Å². The Morgan fingerprint density at radius 1 is 1.33 bits per heavy atom. The number of nitrogens with two attached hydrogens (primary N) is 1. The average Bonchev–Trinajstić information content (AvgIpc) is 2.40. The molecule has 1 aromatic heterocycles. The molecule has 0 fully saturated rings. The largest absolute Gasteiger partial charge is 0.507 e. The SMILES string of the molecule is Nc1ccc(O)c(C(=O)NCc2ccccn2)c1. The van der Waals surface area contributed by atoms with E-state index < -0.39 is 0 Å². The summed E-state index contributed by atoms with van der Waals surface area (Å²) >= 11 is 0. The highest BCUT2D eigenvalue weighted by Crippen LogP contribution is 2.19. The number of phenolic OH excluding ortho intramolecular Hbond substituents is 1. The van der Waals surface area contributed by atoms with Gasteiger partial charge < -0.3 is 16.2 Å². The van der Waals surface area contributed by atoms with E-state index in [4.69, 9.17) is 5.73 Å². The fourth-order valence-corrected chi connectivity index (χ4v) is 1.50. The van der Waals surface area contributed by atoms with Crippen LogP contribution in [0.15, 0.2) is 42.6 Å². The van der Waals surface area contributed by atoms with Crippen molar-refractivity contribution in [2.45, 2.75) is 6.54 Å². The van der Waals surface area contributed by atoms with E-state index in [2.05, 4.69) is 10.3 Å². The molecule has 4 N–H and O–H groups in total. The van der Waals surface area contributed by atoms with Gasteiger partial charge in [-0.15, -0.1) is 0 Å². The van der Waals surface area contributed by atoms with Gasteiger partial charge in [0.1, 0.15) is 5.75 Å². The highest BCUT2D eigenvalue weighted by atomic mass is 16.3. The van der Waals surface area contributed by atoms with Crippen LogP contribution >= 0.6 is 0 Å². The van der Waals surface area contributed by atoms with Crippen molar-refractivity contribution in [3.05, 3.63) is 53.9 Å². The summed E-state index contributed by atoms with van der Waals surface area (Å²) in [6, 6.07) is 9.81. The summed E-state index contributed by atoms with van der Waals surface area (Å²) < 4.78 is 0. The second kappa shape index (κ2) is 5.18.